The molecule has 0 spiro atoms. The number of rotatable bonds is 4. The molecule has 0 bridgehead atoms. The van der Waals surface area contributed by atoms with Crippen LogP contribution in [0.2, 0.25) is 0 Å². The summed E-state index contributed by atoms with van der Waals surface area (Å²) in [7, 11) is 0. The number of fused-ring (bicyclic) bond motifs is 1. The van der Waals surface area contributed by atoms with Gasteiger partial charge in [0, 0.05) is 29.1 Å². The van der Waals surface area contributed by atoms with E-state index >= 15 is 0 Å². The van der Waals surface area contributed by atoms with E-state index in [1.807, 2.05) is 0 Å². The third kappa shape index (κ3) is 3.82. The number of hydrogen-bond donors (Lipinski definition) is 2. The molecule has 0 radical (unpaired) electrons. The van der Waals surface area contributed by atoms with Crippen LogP contribution < -0.4 is 11.1 Å². The number of nitrogens with zero attached hydrogens (tertiary/aromatic N) is 2. The van der Waals surface area contributed by atoms with Gasteiger partial charge in [0.15, 0.2) is 0 Å². The minimum atomic E-state index is -0.668. The van der Waals surface area contributed by atoms with Gasteiger partial charge in [0.1, 0.15) is 11.3 Å². The van der Waals surface area contributed by atoms with Crippen molar-refractivity contribution in [3.63, 3.8) is 0 Å². The highest BCUT2D eigenvalue weighted by molar-refractivity contribution is 6.02. The molecule has 0 aliphatic heterocycles. The average molecular weight is 367 g/mol. The molecule has 9 heteroatoms. The second kappa shape index (κ2) is 7.08. The number of aromatic hydroxyl groups is 1. The van der Waals surface area contributed by atoms with Crippen molar-refractivity contribution in [2.45, 2.75) is 6.92 Å². The van der Waals surface area contributed by atoms with E-state index in [4.69, 9.17) is 4.42 Å². The number of carbonyl (C=O) groups excluding carboxylic acids is 1. The van der Waals surface area contributed by atoms with Gasteiger partial charge in [-0.25, -0.2) is 10.2 Å². The van der Waals surface area contributed by atoms with E-state index < -0.39 is 16.5 Å². The number of nitro groups is 1. The number of nitrogens with one attached hydrogen (secondary N) is 1. The van der Waals surface area contributed by atoms with Gasteiger partial charge >= 0.3 is 5.63 Å². The van der Waals surface area contributed by atoms with Crippen LogP contribution in [0.5, 0.6) is 5.75 Å². The van der Waals surface area contributed by atoms with Crippen LogP contribution in [0.3, 0.4) is 0 Å². The third-order valence-electron chi connectivity index (χ3n) is 3.77. The number of hydrazone groups is 1. The first-order valence-corrected chi connectivity index (χ1v) is 7.71. The summed E-state index contributed by atoms with van der Waals surface area (Å²) in [4.78, 5) is 34.2. The Kier molecular flexibility index (Phi) is 4.67. The Hall–Kier alpha value is -4.01. The van der Waals surface area contributed by atoms with Crippen LogP contribution in [0.25, 0.3) is 11.0 Å². The molecule has 0 saturated heterocycles. The van der Waals surface area contributed by atoms with Crippen molar-refractivity contribution in [3.05, 3.63) is 80.2 Å². The van der Waals surface area contributed by atoms with Gasteiger partial charge in [0.25, 0.3) is 11.6 Å². The van der Waals surface area contributed by atoms with E-state index in [0.717, 1.165) is 0 Å². The summed E-state index contributed by atoms with van der Waals surface area (Å²) in [6, 6.07) is 10.9. The summed E-state index contributed by atoms with van der Waals surface area (Å²) in [6.45, 7) is 1.52. The number of phenols is 1. The number of carbonyl (C=O) groups is 1. The zero-order chi connectivity index (χ0) is 19.6. The highest BCUT2D eigenvalue weighted by Crippen LogP contribution is 2.19. The molecule has 1 heterocycles. The summed E-state index contributed by atoms with van der Waals surface area (Å²) in [5.41, 5.74) is 2.26. The number of amides is 1. The van der Waals surface area contributed by atoms with Gasteiger partial charge < -0.3 is 9.52 Å². The lowest BCUT2D eigenvalue weighted by Crippen LogP contribution is -2.21. The Labute approximate surface area is 151 Å². The Morgan fingerprint density at radius 1 is 1.19 bits per heavy atom. The summed E-state index contributed by atoms with van der Waals surface area (Å²) in [5.74, 6) is -0.613. The second-order valence-electron chi connectivity index (χ2n) is 5.61. The number of non-ortho nitro benzene ring substituents is 1. The smallest absolute Gasteiger partial charge is 0.345 e. The van der Waals surface area contributed by atoms with E-state index in [0.29, 0.717) is 5.39 Å². The van der Waals surface area contributed by atoms with Crippen molar-refractivity contribution in [3.8, 4) is 5.75 Å². The topological polar surface area (TPSA) is 135 Å². The highest BCUT2D eigenvalue weighted by Gasteiger charge is 2.11. The predicted octanol–water partition coefficient (Wildman–Crippen LogP) is 2.56. The van der Waals surface area contributed by atoms with Crippen molar-refractivity contribution in [1.82, 2.24) is 5.43 Å². The zero-order valence-corrected chi connectivity index (χ0v) is 14.0. The minimum absolute atomic E-state index is 0.0286. The first-order chi connectivity index (χ1) is 12.8. The van der Waals surface area contributed by atoms with Crippen LogP contribution >= 0.6 is 0 Å². The van der Waals surface area contributed by atoms with Crippen LogP contribution in [0.1, 0.15) is 22.8 Å². The molecule has 2 N–H and O–H groups in total. The predicted molar refractivity (Wildman–Crippen MR) is 96.9 cm³/mol. The van der Waals surface area contributed by atoms with Crippen molar-refractivity contribution >= 4 is 28.3 Å². The monoisotopic (exact) mass is 367 g/mol. The molecule has 3 rings (SSSR count). The second-order valence-corrected chi connectivity index (χ2v) is 5.61. The number of hydrogen-bond acceptors (Lipinski definition) is 7. The first-order valence-electron chi connectivity index (χ1n) is 7.71. The Morgan fingerprint density at radius 3 is 2.56 bits per heavy atom. The van der Waals surface area contributed by atoms with Crippen LogP contribution in [0, 0.1) is 10.1 Å². The van der Waals surface area contributed by atoms with E-state index in [1.54, 1.807) is 6.07 Å². The SMILES string of the molecule is CC(=NNC(=O)c1ccc([N+](=O)[O-])cc1)c1cc2ccc(O)cc2oc1=O. The standard InChI is InChI=1S/C18H13N3O6/c1-10(15-8-12-4-7-14(22)9-16(12)27-18(15)24)19-20-17(23)11-2-5-13(6-3-11)21(25)26/h2-9,22H,1H3,(H,20,23). The molecule has 0 aliphatic rings. The van der Waals surface area contributed by atoms with E-state index in [-0.39, 0.29) is 33.9 Å². The molecule has 0 aliphatic carbocycles. The molecule has 136 valence electrons. The van der Waals surface area contributed by atoms with Gasteiger partial charge in [0.2, 0.25) is 0 Å². The molecule has 3 aromatic rings. The van der Waals surface area contributed by atoms with Crippen LogP contribution in [0.15, 0.2) is 62.8 Å². The number of benzene rings is 2. The maximum absolute atomic E-state index is 12.1. The highest BCUT2D eigenvalue weighted by atomic mass is 16.6. The maximum atomic E-state index is 12.1. The molecule has 9 nitrogen and oxygen atoms in total. The number of nitro benzene ring substituents is 1. The first kappa shape index (κ1) is 17.8. The maximum Gasteiger partial charge on any atom is 0.345 e. The molecule has 1 amide bonds. The lowest BCUT2D eigenvalue weighted by molar-refractivity contribution is -0.384. The van der Waals surface area contributed by atoms with Crippen molar-refractivity contribution in [2.75, 3.05) is 0 Å². The van der Waals surface area contributed by atoms with Crippen molar-refractivity contribution in [2.24, 2.45) is 5.10 Å². The van der Waals surface area contributed by atoms with Crippen LogP contribution in [-0.4, -0.2) is 21.6 Å². The van der Waals surface area contributed by atoms with E-state index in [9.17, 15) is 24.8 Å². The molecule has 0 saturated carbocycles. The fourth-order valence-corrected chi connectivity index (χ4v) is 2.35. The summed E-state index contributed by atoms with van der Waals surface area (Å²) in [5, 5.41) is 24.5. The van der Waals surface area contributed by atoms with E-state index in [1.165, 1.54) is 49.4 Å². The third-order valence-corrected chi connectivity index (χ3v) is 3.77. The van der Waals surface area contributed by atoms with Crippen LogP contribution in [-0.2, 0) is 0 Å². The van der Waals surface area contributed by atoms with Crippen molar-refractivity contribution < 1.29 is 19.2 Å². The molecule has 1 aromatic heterocycles. The van der Waals surface area contributed by atoms with Gasteiger partial charge in [-0.05, 0) is 37.3 Å². The Balaban J connectivity index is 1.83. The van der Waals surface area contributed by atoms with Gasteiger partial charge in [-0.15, -0.1) is 0 Å². The fourth-order valence-electron chi connectivity index (χ4n) is 2.35. The Morgan fingerprint density at radius 2 is 1.89 bits per heavy atom. The number of phenolic OH excluding ortho intramolecular Hbond substituents is 1. The van der Waals surface area contributed by atoms with Crippen molar-refractivity contribution in [1.29, 1.82) is 0 Å². The van der Waals surface area contributed by atoms with Gasteiger partial charge in [-0.3, -0.25) is 14.9 Å². The molecule has 2 aromatic carbocycles. The lowest BCUT2D eigenvalue weighted by atomic mass is 10.1. The normalized spacial score (nSPS) is 11.4. The average Bonchev–Trinajstić information content (AvgIpc) is 2.65. The molecule has 0 fully saturated rings. The fraction of sp³-hybridized carbons (Fsp3) is 0.0556. The van der Waals surface area contributed by atoms with Gasteiger partial charge in [0.05, 0.1) is 16.2 Å². The summed E-state index contributed by atoms with van der Waals surface area (Å²) >= 11 is 0. The molecular weight excluding hydrogens is 354 g/mol. The minimum Gasteiger partial charge on any atom is -0.508 e. The van der Waals surface area contributed by atoms with Gasteiger partial charge in [-0.1, -0.05) is 0 Å². The molecule has 0 atom stereocenters. The van der Waals surface area contributed by atoms with E-state index in [2.05, 4.69) is 10.5 Å². The van der Waals surface area contributed by atoms with Crippen LogP contribution in [0.4, 0.5) is 5.69 Å². The molecular formula is C18H13N3O6. The van der Waals surface area contributed by atoms with Gasteiger partial charge in [-0.2, -0.15) is 5.10 Å². The largest absolute Gasteiger partial charge is 0.508 e. The molecule has 0 unspecified atom stereocenters. The molecule has 27 heavy (non-hydrogen) atoms. The summed E-state index contributed by atoms with van der Waals surface area (Å²) in [6.07, 6.45) is 0. The Bertz CT molecular complexity index is 1130. The lowest BCUT2D eigenvalue weighted by Gasteiger charge is -2.04. The quantitative estimate of drug-likeness (QED) is 0.315. The zero-order valence-electron chi connectivity index (χ0n) is 14.0. The summed E-state index contributed by atoms with van der Waals surface area (Å²) < 4.78 is 5.15.